The van der Waals surface area contributed by atoms with Crippen molar-refractivity contribution in [3.8, 4) is 5.75 Å². The number of rotatable bonds is 6. The van der Waals surface area contributed by atoms with Crippen molar-refractivity contribution in [1.29, 1.82) is 0 Å². The Bertz CT molecular complexity index is 682. The quantitative estimate of drug-likeness (QED) is 0.525. The van der Waals surface area contributed by atoms with Crippen LogP contribution in [0.5, 0.6) is 5.75 Å². The largest absolute Gasteiger partial charge is 0.484 e. The average Bonchev–Trinajstić information content (AvgIpc) is 3.06. The van der Waals surface area contributed by atoms with E-state index < -0.39 is 0 Å². The second-order valence-corrected chi connectivity index (χ2v) is 6.22. The molecule has 1 heterocycles. The molecule has 21 heavy (non-hydrogen) atoms. The highest BCUT2D eigenvalue weighted by molar-refractivity contribution is 7.10. The number of ether oxygens (including phenoxy) is 1. The SMILES string of the molecule is CCCC[C@@H](Oc1cccc2ccccc12)c1cccs1. The zero-order chi connectivity index (χ0) is 14.5. The molecule has 2 aromatic carbocycles. The van der Waals surface area contributed by atoms with Gasteiger partial charge >= 0.3 is 0 Å². The van der Waals surface area contributed by atoms with Crippen molar-refractivity contribution >= 4 is 22.1 Å². The summed E-state index contributed by atoms with van der Waals surface area (Å²) in [5.74, 6) is 0.989. The zero-order valence-electron chi connectivity index (χ0n) is 12.3. The lowest BCUT2D eigenvalue weighted by Gasteiger charge is -2.19. The summed E-state index contributed by atoms with van der Waals surface area (Å²) in [4.78, 5) is 1.32. The van der Waals surface area contributed by atoms with E-state index in [1.807, 2.05) is 0 Å². The Morgan fingerprint density at radius 3 is 2.67 bits per heavy atom. The van der Waals surface area contributed by atoms with Crippen LogP contribution >= 0.6 is 11.3 Å². The first-order valence-corrected chi connectivity index (χ1v) is 8.44. The summed E-state index contributed by atoms with van der Waals surface area (Å²) in [5.41, 5.74) is 0. The van der Waals surface area contributed by atoms with Crippen LogP contribution in [-0.2, 0) is 0 Å². The summed E-state index contributed by atoms with van der Waals surface area (Å²) < 4.78 is 6.38. The molecule has 0 aliphatic heterocycles. The van der Waals surface area contributed by atoms with Gasteiger partial charge < -0.3 is 4.74 Å². The van der Waals surface area contributed by atoms with Gasteiger partial charge in [-0.05, 0) is 35.7 Å². The van der Waals surface area contributed by atoms with Crippen molar-refractivity contribution in [2.24, 2.45) is 0 Å². The summed E-state index contributed by atoms with van der Waals surface area (Å²) in [6, 6.07) is 19.0. The lowest BCUT2D eigenvalue weighted by molar-refractivity contribution is 0.198. The minimum Gasteiger partial charge on any atom is -0.484 e. The third-order valence-corrected chi connectivity index (χ3v) is 4.66. The third-order valence-electron chi connectivity index (χ3n) is 3.70. The van der Waals surface area contributed by atoms with Gasteiger partial charge in [0.25, 0.3) is 0 Å². The highest BCUT2D eigenvalue weighted by Crippen LogP contribution is 2.33. The second-order valence-electron chi connectivity index (χ2n) is 5.24. The molecule has 0 unspecified atom stereocenters. The molecule has 2 heteroatoms. The van der Waals surface area contributed by atoms with Gasteiger partial charge in [-0.15, -0.1) is 11.3 Å². The number of thiophene rings is 1. The molecule has 0 spiro atoms. The van der Waals surface area contributed by atoms with Gasteiger partial charge in [0, 0.05) is 10.3 Å². The number of hydrogen-bond donors (Lipinski definition) is 0. The first kappa shape index (κ1) is 14.2. The Morgan fingerprint density at radius 2 is 1.86 bits per heavy atom. The van der Waals surface area contributed by atoms with Crippen molar-refractivity contribution in [3.05, 3.63) is 64.9 Å². The van der Waals surface area contributed by atoms with Gasteiger partial charge in [-0.3, -0.25) is 0 Å². The molecule has 0 aliphatic carbocycles. The van der Waals surface area contributed by atoms with Crippen molar-refractivity contribution in [1.82, 2.24) is 0 Å². The monoisotopic (exact) mass is 296 g/mol. The van der Waals surface area contributed by atoms with Crippen LogP contribution in [0.15, 0.2) is 60.0 Å². The van der Waals surface area contributed by atoms with Crippen LogP contribution in [0.1, 0.15) is 37.2 Å². The van der Waals surface area contributed by atoms with Crippen molar-refractivity contribution in [2.75, 3.05) is 0 Å². The maximum absolute atomic E-state index is 6.38. The Kier molecular flexibility index (Phi) is 4.56. The highest BCUT2D eigenvalue weighted by atomic mass is 32.1. The van der Waals surface area contributed by atoms with Crippen molar-refractivity contribution in [2.45, 2.75) is 32.3 Å². The molecule has 0 N–H and O–H groups in total. The molecule has 1 atom stereocenters. The summed E-state index contributed by atoms with van der Waals surface area (Å²) in [5, 5.41) is 4.55. The van der Waals surface area contributed by atoms with Crippen LogP contribution in [0.25, 0.3) is 10.8 Å². The summed E-state index contributed by atoms with van der Waals surface area (Å²) >= 11 is 1.78. The highest BCUT2D eigenvalue weighted by Gasteiger charge is 2.15. The van der Waals surface area contributed by atoms with E-state index in [0.29, 0.717) is 0 Å². The number of benzene rings is 2. The topological polar surface area (TPSA) is 9.23 Å². The third kappa shape index (κ3) is 3.27. The van der Waals surface area contributed by atoms with Crippen molar-refractivity contribution < 1.29 is 4.74 Å². The fraction of sp³-hybridized carbons (Fsp3) is 0.263. The molecule has 0 aliphatic rings. The number of fused-ring (bicyclic) bond motifs is 1. The molecule has 3 aromatic rings. The fourth-order valence-electron chi connectivity index (χ4n) is 2.57. The molecular formula is C19H20OS. The van der Waals surface area contributed by atoms with Crippen LogP contribution in [0.2, 0.25) is 0 Å². The van der Waals surface area contributed by atoms with Gasteiger partial charge in [-0.25, -0.2) is 0 Å². The molecule has 1 aromatic heterocycles. The van der Waals surface area contributed by atoms with Crippen LogP contribution in [0.4, 0.5) is 0 Å². The standard InChI is InChI=1S/C19H20OS/c1-2-3-11-18(19-13-7-14-21-19)20-17-12-6-9-15-8-4-5-10-16(15)17/h4-10,12-14,18H,2-3,11H2,1H3/t18-/m1/s1. The van der Waals surface area contributed by atoms with Crippen LogP contribution < -0.4 is 4.74 Å². The van der Waals surface area contributed by atoms with Crippen molar-refractivity contribution in [3.63, 3.8) is 0 Å². The van der Waals surface area contributed by atoms with Gasteiger partial charge in [-0.2, -0.15) is 0 Å². The van der Waals surface area contributed by atoms with E-state index in [0.717, 1.165) is 12.2 Å². The number of hydrogen-bond acceptors (Lipinski definition) is 2. The van der Waals surface area contributed by atoms with Gasteiger partial charge in [0.05, 0.1) is 0 Å². The van der Waals surface area contributed by atoms with Crippen LogP contribution in [-0.4, -0.2) is 0 Å². The summed E-state index contributed by atoms with van der Waals surface area (Å²) in [7, 11) is 0. The van der Waals surface area contributed by atoms with E-state index in [4.69, 9.17) is 4.74 Å². The predicted octanol–water partition coefficient (Wildman–Crippen LogP) is 6.21. The molecule has 0 saturated heterocycles. The summed E-state index contributed by atoms with van der Waals surface area (Å²) in [6.07, 6.45) is 3.62. The molecule has 0 radical (unpaired) electrons. The molecule has 0 amide bonds. The second kappa shape index (κ2) is 6.77. The van der Waals surface area contributed by atoms with Crippen LogP contribution in [0.3, 0.4) is 0 Å². The Hall–Kier alpha value is -1.80. The maximum Gasteiger partial charge on any atom is 0.133 e. The van der Waals surface area contributed by atoms with Gasteiger partial charge in [0.2, 0.25) is 0 Å². The molecule has 3 rings (SSSR count). The molecule has 0 fully saturated rings. The fourth-order valence-corrected chi connectivity index (χ4v) is 3.36. The summed E-state index contributed by atoms with van der Waals surface area (Å²) in [6.45, 7) is 2.23. The van der Waals surface area contributed by atoms with E-state index in [-0.39, 0.29) is 6.10 Å². The van der Waals surface area contributed by atoms with Gasteiger partial charge in [-0.1, -0.05) is 55.8 Å². The smallest absolute Gasteiger partial charge is 0.133 e. The normalized spacial score (nSPS) is 12.4. The van der Waals surface area contributed by atoms with E-state index in [1.165, 1.54) is 28.5 Å². The maximum atomic E-state index is 6.38. The predicted molar refractivity (Wildman–Crippen MR) is 91.2 cm³/mol. The first-order valence-electron chi connectivity index (χ1n) is 7.56. The van der Waals surface area contributed by atoms with E-state index in [1.54, 1.807) is 11.3 Å². The molecule has 1 nitrogen and oxygen atoms in total. The Morgan fingerprint density at radius 1 is 1.00 bits per heavy atom. The van der Waals surface area contributed by atoms with E-state index >= 15 is 0 Å². The first-order chi connectivity index (χ1) is 10.4. The zero-order valence-corrected chi connectivity index (χ0v) is 13.1. The minimum absolute atomic E-state index is 0.163. The molecule has 0 bridgehead atoms. The molecule has 0 saturated carbocycles. The molecule has 108 valence electrons. The Balaban J connectivity index is 1.90. The van der Waals surface area contributed by atoms with E-state index in [2.05, 4.69) is 66.9 Å². The van der Waals surface area contributed by atoms with E-state index in [9.17, 15) is 0 Å². The number of unbranched alkanes of at least 4 members (excludes halogenated alkanes) is 1. The lowest BCUT2D eigenvalue weighted by Crippen LogP contribution is -2.06. The van der Waals surface area contributed by atoms with Gasteiger partial charge in [0.1, 0.15) is 11.9 Å². The van der Waals surface area contributed by atoms with Crippen LogP contribution in [0, 0.1) is 0 Å². The average molecular weight is 296 g/mol. The lowest BCUT2D eigenvalue weighted by atomic mass is 10.1. The Labute approximate surface area is 130 Å². The molecular weight excluding hydrogens is 276 g/mol. The minimum atomic E-state index is 0.163. The van der Waals surface area contributed by atoms with Gasteiger partial charge in [0.15, 0.2) is 0 Å².